The van der Waals surface area contributed by atoms with E-state index < -0.39 is 11.5 Å². The highest BCUT2D eigenvalue weighted by Crippen LogP contribution is 2.12. The van der Waals surface area contributed by atoms with Gasteiger partial charge in [0.25, 0.3) is 0 Å². The van der Waals surface area contributed by atoms with E-state index in [0.29, 0.717) is 6.54 Å². The van der Waals surface area contributed by atoms with Crippen LogP contribution in [0.1, 0.15) is 39.9 Å². The number of imidazole rings is 1. The number of nitrogens with one attached hydrogen (secondary N) is 3. The zero-order chi connectivity index (χ0) is 15.2. The minimum atomic E-state index is -0.523. The summed E-state index contributed by atoms with van der Waals surface area (Å²) in [6.45, 7) is 7.70. The molecule has 0 aliphatic heterocycles. The Bertz CT molecular complexity index is 435. The van der Waals surface area contributed by atoms with Crippen LogP contribution in [-0.4, -0.2) is 34.4 Å². The molecule has 1 aromatic rings. The molecular weight excluding hydrogens is 256 g/mol. The highest BCUT2D eigenvalue weighted by molar-refractivity contribution is 5.89. The van der Waals surface area contributed by atoms with E-state index in [2.05, 4.69) is 20.6 Å². The van der Waals surface area contributed by atoms with Crippen molar-refractivity contribution in [1.82, 2.24) is 20.6 Å². The Kier molecular flexibility index (Phi) is 5.73. The molecule has 2 amide bonds. The molecular formula is C14H24N4O2. The predicted molar refractivity (Wildman–Crippen MR) is 77.0 cm³/mol. The van der Waals surface area contributed by atoms with Gasteiger partial charge < -0.3 is 15.6 Å². The fourth-order valence-electron chi connectivity index (χ4n) is 1.53. The zero-order valence-corrected chi connectivity index (χ0v) is 12.6. The quantitative estimate of drug-likeness (QED) is 0.680. The fourth-order valence-corrected chi connectivity index (χ4v) is 1.53. The summed E-state index contributed by atoms with van der Waals surface area (Å²) in [5, 5.41) is 5.51. The summed E-state index contributed by atoms with van der Waals surface area (Å²) in [6, 6.07) is -0.523. The van der Waals surface area contributed by atoms with Gasteiger partial charge in [0.1, 0.15) is 11.9 Å². The van der Waals surface area contributed by atoms with Crippen molar-refractivity contribution in [3.8, 4) is 0 Å². The number of nitrogens with zero attached hydrogens (tertiary/aromatic N) is 1. The normalized spacial score (nSPS) is 12.8. The molecule has 1 heterocycles. The van der Waals surface area contributed by atoms with Gasteiger partial charge in [0.2, 0.25) is 11.8 Å². The van der Waals surface area contributed by atoms with Gasteiger partial charge >= 0.3 is 0 Å². The zero-order valence-electron chi connectivity index (χ0n) is 12.6. The number of hydrogen-bond donors (Lipinski definition) is 3. The molecule has 0 fully saturated rings. The molecule has 0 aromatic carbocycles. The van der Waals surface area contributed by atoms with Crippen LogP contribution in [0.2, 0.25) is 0 Å². The van der Waals surface area contributed by atoms with E-state index in [1.807, 2.05) is 20.8 Å². The average Bonchev–Trinajstić information content (AvgIpc) is 2.86. The Morgan fingerprint density at radius 3 is 2.65 bits per heavy atom. The summed E-state index contributed by atoms with van der Waals surface area (Å²) in [4.78, 5) is 30.7. The lowest BCUT2D eigenvalue weighted by Crippen LogP contribution is -2.48. The first-order valence-electron chi connectivity index (χ1n) is 6.87. The number of amides is 2. The van der Waals surface area contributed by atoms with Gasteiger partial charge in [-0.2, -0.15) is 0 Å². The first-order valence-corrected chi connectivity index (χ1v) is 6.87. The molecule has 1 rings (SSSR count). The van der Waals surface area contributed by atoms with Crippen LogP contribution in [0.25, 0.3) is 0 Å². The highest BCUT2D eigenvalue weighted by atomic mass is 16.2. The second-order valence-corrected chi connectivity index (χ2v) is 5.88. The first kappa shape index (κ1) is 16.2. The van der Waals surface area contributed by atoms with E-state index >= 15 is 0 Å². The second kappa shape index (κ2) is 7.07. The van der Waals surface area contributed by atoms with E-state index in [0.717, 1.165) is 18.7 Å². The molecule has 112 valence electrons. The molecule has 3 N–H and O–H groups in total. The third-order valence-corrected chi connectivity index (χ3v) is 2.87. The summed E-state index contributed by atoms with van der Waals surface area (Å²) < 4.78 is 0. The summed E-state index contributed by atoms with van der Waals surface area (Å²) in [7, 11) is 0. The number of H-pyrrole nitrogens is 1. The molecule has 0 saturated heterocycles. The second-order valence-electron chi connectivity index (χ2n) is 5.88. The van der Waals surface area contributed by atoms with E-state index in [4.69, 9.17) is 0 Å². The molecule has 0 radical (unpaired) electrons. The number of aryl methyl sites for hydroxylation is 1. The number of aromatic nitrogens is 2. The van der Waals surface area contributed by atoms with Crippen LogP contribution < -0.4 is 10.6 Å². The Morgan fingerprint density at radius 2 is 2.10 bits per heavy atom. The van der Waals surface area contributed by atoms with E-state index in [1.165, 1.54) is 0 Å². The van der Waals surface area contributed by atoms with Crippen LogP contribution in [-0.2, 0) is 16.0 Å². The minimum absolute atomic E-state index is 0.129. The molecule has 20 heavy (non-hydrogen) atoms. The van der Waals surface area contributed by atoms with Crippen molar-refractivity contribution >= 4 is 11.8 Å². The summed E-state index contributed by atoms with van der Waals surface area (Å²) in [6.07, 6.45) is 5.07. The monoisotopic (exact) mass is 280 g/mol. The maximum atomic E-state index is 11.8. The number of hydrogen-bond acceptors (Lipinski definition) is 3. The molecule has 0 saturated carbocycles. The molecule has 6 nitrogen and oxygen atoms in total. The standard InChI is InChI=1S/C14H24N4O2/c1-10(18-13(20)14(2,3)4)12(19)17-7-5-6-11-15-8-9-16-11/h8-10H,5-7H2,1-4H3,(H,15,16)(H,17,19)(H,18,20). The van der Waals surface area contributed by atoms with Crippen molar-refractivity contribution < 1.29 is 9.59 Å². The van der Waals surface area contributed by atoms with Crippen molar-refractivity contribution in [2.24, 2.45) is 5.41 Å². The third-order valence-electron chi connectivity index (χ3n) is 2.87. The molecule has 1 atom stereocenters. The molecule has 0 bridgehead atoms. The maximum Gasteiger partial charge on any atom is 0.242 e. The summed E-state index contributed by atoms with van der Waals surface area (Å²) in [5.74, 6) is 0.617. The summed E-state index contributed by atoms with van der Waals surface area (Å²) >= 11 is 0. The van der Waals surface area contributed by atoms with Crippen LogP contribution in [0.4, 0.5) is 0 Å². The smallest absolute Gasteiger partial charge is 0.242 e. The van der Waals surface area contributed by atoms with Crippen molar-refractivity contribution in [3.05, 3.63) is 18.2 Å². The molecule has 0 aliphatic rings. The van der Waals surface area contributed by atoms with Gasteiger partial charge in [0.15, 0.2) is 0 Å². The van der Waals surface area contributed by atoms with Crippen LogP contribution in [0.3, 0.4) is 0 Å². The largest absolute Gasteiger partial charge is 0.354 e. The van der Waals surface area contributed by atoms with E-state index in [-0.39, 0.29) is 11.8 Å². The number of carbonyl (C=O) groups excluding carboxylic acids is 2. The topological polar surface area (TPSA) is 86.9 Å². The lowest BCUT2D eigenvalue weighted by Gasteiger charge is -2.21. The van der Waals surface area contributed by atoms with Gasteiger partial charge in [0, 0.05) is 30.8 Å². The Hall–Kier alpha value is -1.85. The van der Waals surface area contributed by atoms with Gasteiger partial charge in [-0.05, 0) is 13.3 Å². The average molecular weight is 280 g/mol. The van der Waals surface area contributed by atoms with Gasteiger partial charge in [-0.1, -0.05) is 20.8 Å². The van der Waals surface area contributed by atoms with Gasteiger partial charge in [-0.25, -0.2) is 4.98 Å². The van der Waals surface area contributed by atoms with Crippen LogP contribution in [0, 0.1) is 5.41 Å². The third kappa shape index (κ3) is 5.42. The Balaban J connectivity index is 2.23. The van der Waals surface area contributed by atoms with Crippen molar-refractivity contribution in [1.29, 1.82) is 0 Å². The molecule has 6 heteroatoms. The van der Waals surface area contributed by atoms with Crippen molar-refractivity contribution in [2.45, 2.75) is 46.6 Å². The predicted octanol–water partition coefficient (Wildman–Crippen LogP) is 1.01. The SMILES string of the molecule is CC(NC(=O)C(C)(C)C)C(=O)NCCCc1ncc[nH]1. The minimum Gasteiger partial charge on any atom is -0.354 e. The Morgan fingerprint density at radius 1 is 1.40 bits per heavy atom. The lowest BCUT2D eigenvalue weighted by atomic mass is 9.95. The van der Waals surface area contributed by atoms with E-state index in [1.54, 1.807) is 19.3 Å². The molecule has 1 aromatic heterocycles. The van der Waals surface area contributed by atoms with Crippen molar-refractivity contribution in [2.75, 3.05) is 6.54 Å². The van der Waals surface area contributed by atoms with Crippen LogP contribution in [0.15, 0.2) is 12.4 Å². The van der Waals surface area contributed by atoms with Crippen LogP contribution in [0.5, 0.6) is 0 Å². The summed E-state index contributed by atoms with van der Waals surface area (Å²) in [5.41, 5.74) is -0.492. The maximum absolute atomic E-state index is 11.8. The highest BCUT2D eigenvalue weighted by Gasteiger charge is 2.24. The molecule has 1 unspecified atom stereocenters. The number of rotatable bonds is 6. The molecule has 0 spiro atoms. The van der Waals surface area contributed by atoms with Gasteiger partial charge in [-0.3, -0.25) is 9.59 Å². The molecule has 0 aliphatic carbocycles. The van der Waals surface area contributed by atoms with Crippen LogP contribution >= 0.6 is 0 Å². The number of aromatic amines is 1. The lowest BCUT2D eigenvalue weighted by molar-refractivity contribution is -0.133. The van der Waals surface area contributed by atoms with Gasteiger partial charge in [0.05, 0.1) is 0 Å². The van der Waals surface area contributed by atoms with Gasteiger partial charge in [-0.15, -0.1) is 0 Å². The Labute approximate surface area is 119 Å². The number of carbonyl (C=O) groups is 2. The first-order chi connectivity index (χ1) is 9.30. The fraction of sp³-hybridized carbons (Fsp3) is 0.643. The van der Waals surface area contributed by atoms with E-state index in [9.17, 15) is 9.59 Å². The van der Waals surface area contributed by atoms with Crippen molar-refractivity contribution in [3.63, 3.8) is 0 Å².